The summed E-state index contributed by atoms with van der Waals surface area (Å²) in [7, 11) is 0. The monoisotopic (exact) mass is 221 g/mol. The Hall–Kier alpha value is -0.830. The van der Waals surface area contributed by atoms with Crippen LogP contribution in [0.4, 0.5) is 0 Å². The van der Waals surface area contributed by atoms with E-state index in [-0.39, 0.29) is 0 Å². The average molecular weight is 221 g/mol. The van der Waals surface area contributed by atoms with Crippen LogP contribution in [-0.2, 0) is 6.54 Å². The van der Waals surface area contributed by atoms with Gasteiger partial charge in [0.25, 0.3) is 0 Å². The van der Waals surface area contributed by atoms with E-state index in [2.05, 4.69) is 35.9 Å². The molecule has 0 radical (unpaired) electrons. The van der Waals surface area contributed by atoms with Gasteiger partial charge in [0.15, 0.2) is 0 Å². The summed E-state index contributed by atoms with van der Waals surface area (Å²) < 4.78 is 2.24. The van der Waals surface area contributed by atoms with Gasteiger partial charge in [0.05, 0.1) is 12.2 Å². The molecule has 1 aromatic heterocycles. The Morgan fingerprint density at radius 2 is 2.12 bits per heavy atom. The summed E-state index contributed by atoms with van der Waals surface area (Å²) in [6, 6.07) is 1.20. The largest absolute Gasteiger partial charge is 0.310 e. The summed E-state index contributed by atoms with van der Waals surface area (Å²) in [4.78, 5) is 0. The lowest BCUT2D eigenvalue weighted by Crippen LogP contribution is -2.22. The van der Waals surface area contributed by atoms with Crippen LogP contribution in [0.1, 0.15) is 56.8 Å². The van der Waals surface area contributed by atoms with Crippen molar-refractivity contribution < 1.29 is 0 Å². The number of nitrogens with zero attached hydrogens (tertiary/aromatic N) is 2. The fourth-order valence-corrected chi connectivity index (χ4v) is 2.46. The minimum absolute atomic E-state index is 0.536. The summed E-state index contributed by atoms with van der Waals surface area (Å²) in [6.45, 7) is 7.49. The van der Waals surface area contributed by atoms with E-state index < -0.39 is 0 Å². The van der Waals surface area contributed by atoms with Gasteiger partial charge in [-0.3, -0.25) is 4.68 Å². The molecule has 1 fully saturated rings. The van der Waals surface area contributed by atoms with Gasteiger partial charge in [-0.1, -0.05) is 26.7 Å². The number of hydrogen-bond acceptors (Lipinski definition) is 2. The first kappa shape index (κ1) is 11.6. The maximum absolute atomic E-state index is 4.55. The predicted molar refractivity (Wildman–Crippen MR) is 66.4 cm³/mol. The van der Waals surface area contributed by atoms with Gasteiger partial charge in [0.1, 0.15) is 0 Å². The third kappa shape index (κ3) is 2.46. The summed E-state index contributed by atoms with van der Waals surface area (Å²) in [6.07, 6.45) is 7.37. The molecule has 0 aliphatic heterocycles. The maximum atomic E-state index is 4.55. The van der Waals surface area contributed by atoms with Crippen molar-refractivity contribution >= 4 is 0 Å². The Kier molecular flexibility index (Phi) is 3.64. The Morgan fingerprint density at radius 3 is 2.75 bits per heavy atom. The molecule has 3 nitrogen and oxygen atoms in total. The number of rotatable bonds is 4. The Bertz CT molecular complexity index is 335. The molecule has 1 aliphatic rings. The highest BCUT2D eigenvalue weighted by Crippen LogP contribution is 2.30. The normalized spacial score (nSPS) is 17.5. The minimum Gasteiger partial charge on any atom is -0.310 e. The van der Waals surface area contributed by atoms with E-state index in [1.54, 1.807) is 0 Å². The quantitative estimate of drug-likeness (QED) is 0.847. The molecular formula is C13H23N3. The molecule has 2 rings (SSSR count). The van der Waals surface area contributed by atoms with E-state index in [9.17, 15) is 0 Å². The molecule has 90 valence electrons. The highest BCUT2D eigenvalue weighted by molar-refractivity contribution is 5.16. The highest BCUT2D eigenvalue weighted by Gasteiger charge is 2.20. The molecule has 0 unspecified atom stereocenters. The Labute approximate surface area is 98.2 Å². The van der Waals surface area contributed by atoms with Crippen LogP contribution in [0.2, 0.25) is 0 Å². The van der Waals surface area contributed by atoms with Crippen molar-refractivity contribution in [1.82, 2.24) is 15.1 Å². The number of hydrogen-bond donors (Lipinski definition) is 1. The van der Waals surface area contributed by atoms with Gasteiger partial charge in [-0.05, 0) is 19.8 Å². The van der Waals surface area contributed by atoms with Gasteiger partial charge in [-0.2, -0.15) is 5.10 Å². The van der Waals surface area contributed by atoms with Crippen molar-refractivity contribution in [3.63, 3.8) is 0 Å². The van der Waals surface area contributed by atoms with Gasteiger partial charge in [-0.25, -0.2) is 0 Å². The first-order chi connectivity index (χ1) is 7.68. The minimum atomic E-state index is 0.536. The van der Waals surface area contributed by atoms with Crippen molar-refractivity contribution in [3.8, 4) is 0 Å². The van der Waals surface area contributed by atoms with Crippen LogP contribution >= 0.6 is 0 Å². The number of nitrogens with one attached hydrogen (secondary N) is 1. The lowest BCUT2D eigenvalue weighted by atomic mass is 10.2. The molecule has 1 N–H and O–H groups in total. The summed E-state index contributed by atoms with van der Waals surface area (Å²) in [5.41, 5.74) is 2.70. The Balaban J connectivity index is 2.04. The molecule has 0 bridgehead atoms. The molecule has 3 heteroatoms. The van der Waals surface area contributed by atoms with Crippen molar-refractivity contribution in [2.75, 3.05) is 0 Å². The van der Waals surface area contributed by atoms with Crippen LogP contribution in [0.15, 0.2) is 6.20 Å². The zero-order chi connectivity index (χ0) is 11.5. The topological polar surface area (TPSA) is 29.9 Å². The molecule has 1 aromatic rings. The van der Waals surface area contributed by atoms with Gasteiger partial charge in [0, 0.05) is 23.8 Å². The predicted octanol–water partition coefficient (Wildman–Crippen LogP) is 2.80. The van der Waals surface area contributed by atoms with Crippen LogP contribution in [-0.4, -0.2) is 15.8 Å². The highest BCUT2D eigenvalue weighted by atomic mass is 15.3. The van der Waals surface area contributed by atoms with Crippen LogP contribution in [0.25, 0.3) is 0 Å². The number of aromatic nitrogens is 2. The van der Waals surface area contributed by atoms with E-state index in [0.717, 1.165) is 6.54 Å². The van der Waals surface area contributed by atoms with E-state index in [1.165, 1.54) is 36.9 Å². The van der Waals surface area contributed by atoms with Crippen molar-refractivity contribution in [1.29, 1.82) is 0 Å². The second kappa shape index (κ2) is 5.00. The maximum Gasteiger partial charge on any atom is 0.0537 e. The van der Waals surface area contributed by atoms with Gasteiger partial charge in [0.2, 0.25) is 0 Å². The summed E-state index contributed by atoms with van der Waals surface area (Å²) in [5, 5.41) is 8.01. The molecule has 0 atom stereocenters. The van der Waals surface area contributed by atoms with Crippen LogP contribution in [0, 0.1) is 6.92 Å². The molecular weight excluding hydrogens is 198 g/mol. The van der Waals surface area contributed by atoms with Gasteiger partial charge >= 0.3 is 0 Å². The van der Waals surface area contributed by atoms with Crippen molar-refractivity contribution in [2.24, 2.45) is 0 Å². The lowest BCUT2D eigenvalue weighted by molar-refractivity contribution is 0.455. The van der Waals surface area contributed by atoms with Crippen molar-refractivity contribution in [2.45, 2.75) is 65.1 Å². The van der Waals surface area contributed by atoms with Gasteiger partial charge < -0.3 is 5.32 Å². The summed E-state index contributed by atoms with van der Waals surface area (Å²) >= 11 is 0. The molecule has 1 aliphatic carbocycles. The zero-order valence-electron chi connectivity index (χ0n) is 10.7. The molecule has 1 heterocycles. The smallest absolute Gasteiger partial charge is 0.0537 e. The van der Waals surface area contributed by atoms with Crippen LogP contribution < -0.4 is 5.32 Å². The third-order valence-corrected chi connectivity index (χ3v) is 3.52. The van der Waals surface area contributed by atoms with E-state index >= 15 is 0 Å². The van der Waals surface area contributed by atoms with Crippen LogP contribution in [0.3, 0.4) is 0 Å². The molecule has 0 aromatic carbocycles. The SMILES string of the molecule is Cc1c(CNC(C)C)cnn1C1CCCC1. The van der Waals surface area contributed by atoms with Gasteiger partial charge in [-0.15, -0.1) is 0 Å². The van der Waals surface area contributed by atoms with E-state index in [1.807, 2.05) is 6.20 Å². The third-order valence-electron chi connectivity index (χ3n) is 3.52. The average Bonchev–Trinajstić information content (AvgIpc) is 2.84. The fourth-order valence-electron chi connectivity index (χ4n) is 2.46. The molecule has 0 amide bonds. The first-order valence-corrected chi connectivity index (χ1v) is 6.45. The van der Waals surface area contributed by atoms with E-state index in [0.29, 0.717) is 12.1 Å². The second-order valence-electron chi connectivity index (χ2n) is 5.17. The lowest BCUT2D eigenvalue weighted by Gasteiger charge is -2.13. The zero-order valence-corrected chi connectivity index (χ0v) is 10.7. The molecule has 0 spiro atoms. The Morgan fingerprint density at radius 1 is 1.44 bits per heavy atom. The van der Waals surface area contributed by atoms with E-state index in [4.69, 9.17) is 0 Å². The first-order valence-electron chi connectivity index (χ1n) is 6.45. The molecule has 0 saturated heterocycles. The van der Waals surface area contributed by atoms with Crippen molar-refractivity contribution in [3.05, 3.63) is 17.5 Å². The second-order valence-corrected chi connectivity index (χ2v) is 5.17. The molecule has 16 heavy (non-hydrogen) atoms. The van der Waals surface area contributed by atoms with Crippen LogP contribution in [0.5, 0.6) is 0 Å². The molecule has 1 saturated carbocycles. The summed E-state index contributed by atoms with van der Waals surface area (Å²) in [5.74, 6) is 0. The fraction of sp³-hybridized carbons (Fsp3) is 0.769. The standard InChI is InChI=1S/C13H23N3/c1-10(2)14-8-12-9-15-16(11(12)3)13-6-4-5-7-13/h9-10,13-14H,4-8H2,1-3H3.